The maximum Gasteiger partial charge on any atom is 0.303 e. The number of carbonyl (C=O) groups is 5. The van der Waals surface area contributed by atoms with Crippen molar-refractivity contribution in [3.8, 4) is 0 Å². The lowest BCUT2D eigenvalue weighted by molar-refractivity contribution is -0.203. The van der Waals surface area contributed by atoms with E-state index < -0.39 is 66.2 Å². The smallest absolute Gasteiger partial charge is 0.303 e. The van der Waals surface area contributed by atoms with Gasteiger partial charge < -0.3 is 33.2 Å². The lowest BCUT2D eigenvalue weighted by Crippen LogP contribution is -2.54. The summed E-state index contributed by atoms with van der Waals surface area (Å²) in [5.41, 5.74) is 0.778. The molecular formula is C22H28N4O10S2. The van der Waals surface area contributed by atoms with E-state index in [1.165, 1.54) is 24.4 Å². The van der Waals surface area contributed by atoms with Gasteiger partial charge in [0.05, 0.1) is 12.7 Å². The van der Waals surface area contributed by atoms with E-state index in [-0.39, 0.29) is 4.64 Å². The van der Waals surface area contributed by atoms with Gasteiger partial charge in [-0.1, -0.05) is 12.2 Å². The Morgan fingerprint density at radius 1 is 0.868 bits per heavy atom. The first-order chi connectivity index (χ1) is 17.8. The topological polar surface area (TPSA) is 178 Å². The average molecular weight is 573 g/mol. The lowest BCUT2D eigenvalue weighted by atomic mass is 10.0. The van der Waals surface area contributed by atoms with E-state index in [1.54, 1.807) is 10.8 Å². The first kappa shape index (κ1) is 30.7. The van der Waals surface area contributed by atoms with Crippen LogP contribution in [0.5, 0.6) is 0 Å². The molecule has 2 heterocycles. The van der Waals surface area contributed by atoms with Crippen LogP contribution in [0.4, 0.5) is 0 Å². The van der Waals surface area contributed by atoms with Crippen LogP contribution in [0.25, 0.3) is 11.2 Å². The number of aromatic amines is 1. The van der Waals surface area contributed by atoms with Crippen molar-refractivity contribution >= 4 is 65.0 Å². The zero-order valence-electron chi connectivity index (χ0n) is 21.5. The van der Waals surface area contributed by atoms with Crippen LogP contribution in [0.2, 0.25) is 0 Å². The zero-order valence-corrected chi connectivity index (χ0v) is 23.1. The van der Waals surface area contributed by atoms with Crippen LogP contribution in [0, 0.1) is 4.64 Å². The largest absolute Gasteiger partial charge is 0.462 e. The minimum absolute atomic E-state index is 0.215. The molecule has 0 bridgehead atoms. The molecule has 0 unspecified atom stereocenters. The second-order valence-electron chi connectivity index (χ2n) is 7.86. The number of imidazole rings is 1. The predicted octanol–water partition coefficient (Wildman–Crippen LogP) is 1.64. The second-order valence-corrected chi connectivity index (χ2v) is 9.20. The molecule has 0 fully saturated rings. The fourth-order valence-corrected chi connectivity index (χ4v) is 4.69. The Morgan fingerprint density at radius 2 is 1.42 bits per heavy atom. The molecule has 1 N–H and O–H groups in total. The molecule has 2 aromatic heterocycles. The van der Waals surface area contributed by atoms with E-state index in [2.05, 4.69) is 15.0 Å². The van der Waals surface area contributed by atoms with Crippen LogP contribution in [0.1, 0.15) is 40.0 Å². The summed E-state index contributed by atoms with van der Waals surface area (Å²) in [5.74, 6) is -3.92. The number of nitrogens with one attached hydrogen (secondary N) is 1. The number of nitrogens with zero attached hydrogens (tertiary/aromatic N) is 3. The molecule has 208 valence electrons. The Hall–Kier alpha value is -3.53. The van der Waals surface area contributed by atoms with Crippen LogP contribution in [-0.2, 0) is 47.7 Å². The van der Waals surface area contributed by atoms with E-state index in [0.29, 0.717) is 11.2 Å². The van der Waals surface area contributed by atoms with Crippen molar-refractivity contribution in [2.24, 2.45) is 0 Å². The van der Waals surface area contributed by atoms with E-state index in [9.17, 15) is 24.0 Å². The number of ether oxygens (including phenoxy) is 5. The van der Waals surface area contributed by atoms with Gasteiger partial charge in [0.25, 0.3) is 0 Å². The molecule has 0 amide bonds. The third-order valence-corrected chi connectivity index (χ3v) is 6.14. The summed E-state index contributed by atoms with van der Waals surface area (Å²) in [6, 6.07) is 0. The fourth-order valence-electron chi connectivity index (χ4n) is 3.62. The van der Waals surface area contributed by atoms with Crippen LogP contribution >= 0.6 is 24.0 Å². The summed E-state index contributed by atoms with van der Waals surface area (Å²) < 4.78 is 28.7. The van der Waals surface area contributed by atoms with Gasteiger partial charge in [-0.2, -0.15) is 0 Å². The normalized spacial score (nSPS) is 14.9. The number of hydrogen-bond donors (Lipinski definition) is 1. The maximum atomic E-state index is 12.3. The first-order valence-electron chi connectivity index (χ1n) is 11.1. The molecular weight excluding hydrogens is 544 g/mol. The van der Waals surface area contributed by atoms with Gasteiger partial charge in [0.2, 0.25) is 0 Å². The van der Waals surface area contributed by atoms with Gasteiger partial charge in [-0.15, -0.1) is 11.8 Å². The summed E-state index contributed by atoms with van der Waals surface area (Å²) in [6.45, 7) is 4.99. The number of hydrogen-bond acceptors (Lipinski definition) is 14. The first-order valence-corrected chi connectivity index (χ1v) is 12.8. The molecule has 0 saturated heterocycles. The van der Waals surface area contributed by atoms with Gasteiger partial charge in [0, 0.05) is 34.6 Å². The molecule has 0 aliphatic rings. The lowest BCUT2D eigenvalue weighted by Gasteiger charge is -2.38. The van der Waals surface area contributed by atoms with Gasteiger partial charge >= 0.3 is 29.8 Å². The highest BCUT2D eigenvalue weighted by molar-refractivity contribution is 7.98. The molecule has 5 atom stereocenters. The third kappa shape index (κ3) is 8.24. The quantitative estimate of drug-likeness (QED) is 0.220. The van der Waals surface area contributed by atoms with Crippen LogP contribution < -0.4 is 0 Å². The highest BCUT2D eigenvalue weighted by Crippen LogP contribution is 2.35. The van der Waals surface area contributed by atoms with Gasteiger partial charge in [0.15, 0.2) is 29.1 Å². The van der Waals surface area contributed by atoms with Crippen LogP contribution in [0.3, 0.4) is 0 Å². The Morgan fingerprint density at radius 3 is 1.95 bits per heavy atom. The average Bonchev–Trinajstić information content (AvgIpc) is 3.23. The Bertz CT molecular complexity index is 1250. The molecule has 0 aromatic carbocycles. The van der Waals surface area contributed by atoms with E-state index in [4.69, 9.17) is 35.9 Å². The molecule has 0 aliphatic carbocycles. The number of esters is 5. The van der Waals surface area contributed by atoms with Crippen molar-refractivity contribution in [2.45, 2.75) is 64.4 Å². The number of H-pyrrole nitrogens is 1. The minimum Gasteiger partial charge on any atom is -0.462 e. The van der Waals surface area contributed by atoms with Crippen molar-refractivity contribution < 1.29 is 47.7 Å². The van der Waals surface area contributed by atoms with Crippen molar-refractivity contribution in [1.82, 2.24) is 19.5 Å². The molecule has 0 saturated carbocycles. The number of rotatable bonds is 12. The molecule has 14 nitrogen and oxygen atoms in total. The number of carbonyl (C=O) groups excluding carboxylic acids is 5. The summed E-state index contributed by atoms with van der Waals surface area (Å²) >= 11 is 6.41. The Labute approximate surface area is 226 Å². The van der Waals surface area contributed by atoms with Gasteiger partial charge in [-0.25, -0.2) is 9.97 Å². The number of thioether (sulfide) groups is 1. The minimum atomic E-state index is -1.56. The highest BCUT2D eigenvalue weighted by Gasteiger charge is 2.47. The highest BCUT2D eigenvalue weighted by atomic mass is 32.2. The number of fused-ring (bicyclic) bond motifs is 1. The zero-order chi connectivity index (χ0) is 28.6. The monoisotopic (exact) mass is 572 g/mol. The molecule has 2 rings (SSSR count). The number of aromatic nitrogens is 4. The second kappa shape index (κ2) is 13.9. The van der Waals surface area contributed by atoms with Crippen molar-refractivity contribution in [3.63, 3.8) is 0 Å². The van der Waals surface area contributed by atoms with Crippen molar-refractivity contribution in [3.05, 3.63) is 17.3 Å². The Balaban J connectivity index is 2.73. The maximum absolute atomic E-state index is 12.3. The summed E-state index contributed by atoms with van der Waals surface area (Å²) in [6.07, 6.45) is -1.41. The van der Waals surface area contributed by atoms with Gasteiger partial charge in [0.1, 0.15) is 23.1 Å². The molecule has 16 heteroatoms. The standard InChI is InChI=1S/C22H28N4O10S2/c1-10(27)32-7-15(33-11(2)28)17(34-12(3)29)18(35-13(4)30)19(36-14(5)31)22(38-6)26-9-25-16-20(26)23-8-24-21(16)37/h8-9,15,17-19,22H,7H2,1-6H3,(H,23,24,37)/t15-,17-,18+,19+,22+/m1/s1. The molecule has 38 heavy (non-hydrogen) atoms. The van der Waals surface area contributed by atoms with Gasteiger partial charge in [-0.3, -0.25) is 24.0 Å². The summed E-state index contributed by atoms with van der Waals surface area (Å²) in [7, 11) is 0. The third-order valence-electron chi connectivity index (χ3n) is 4.86. The van der Waals surface area contributed by atoms with Crippen LogP contribution in [-0.4, -0.2) is 86.6 Å². The summed E-state index contributed by atoms with van der Waals surface area (Å²) in [5, 5.41) is -0.855. The Kier molecular flexibility index (Phi) is 11.2. The molecule has 2 aromatic rings. The van der Waals surface area contributed by atoms with Crippen LogP contribution in [0.15, 0.2) is 12.7 Å². The van der Waals surface area contributed by atoms with Crippen molar-refractivity contribution in [1.29, 1.82) is 0 Å². The SMILES string of the molecule is CS[C@@H]([C@@H](OC(C)=O)[C@@H](OC(C)=O)[C@H](OC(C)=O)[C@@H](COC(C)=O)OC(C)=O)n1cnc2c(=S)nc[nH]c21. The van der Waals surface area contributed by atoms with E-state index >= 15 is 0 Å². The fraction of sp³-hybridized carbons (Fsp3) is 0.545. The predicted molar refractivity (Wildman–Crippen MR) is 134 cm³/mol. The molecule has 0 spiro atoms. The molecule has 0 aliphatic heterocycles. The van der Waals surface area contributed by atoms with E-state index in [0.717, 1.165) is 34.6 Å². The molecule has 0 radical (unpaired) electrons. The van der Waals surface area contributed by atoms with E-state index in [1.807, 2.05) is 0 Å². The summed E-state index contributed by atoms with van der Waals surface area (Å²) in [4.78, 5) is 71.3. The van der Waals surface area contributed by atoms with Gasteiger partial charge in [-0.05, 0) is 6.26 Å². The van der Waals surface area contributed by atoms with Crippen molar-refractivity contribution in [2.75, 3.05) is 12.9 Å².